The molecule has 0 aliphatic carbocycles. The van der Waals surface area contributed by atoms with E-state index in [4.69, 9.17) is 5.73 Å². The molecule has 1 saturated heterocycles. The summed E-state index contributed by atoms with van der Waals surface area (Å²) in [5.41, 5.74) is 2.60. The quantitative estimate of drug-likeness (QED) is 0.401. The molecule has 37 heavy (non-hydrogen) atoms. The number of benzene rings is 2. The predicted molar refractivity (Wildman–Crippen MR) is 125 cm³/mol. The lowest BCUT2D eigenvalue weighted by molar-refractivity contribution is -0.146. The second-order valence-electron chi connectivity index (χ2n) is 8.40. The number of carbonyl (C=O) groups is 2. The minimum absolute atomic E-state index is 0.0741. The van der Waals surface area contributed by atoms with Crippen molar-refractivity contribution in [2.75, 3.05) is 13.1 Å². The van der Waals surface area contributed by atoms with Crippen LogP contribution >= 0.6 is 0 Å². The highest BCUT2D eigenvalue weighted by molar-refractivity contribution is 6.02. The minimum Gasteiger partial charge on any atom is -0.508 e. The minimum atomic E-state index is -5.12. The number of fused-ring (bicyclic) bond motifs is 2. The number of likely N-dealkylation sites (tertiary alicyclic amines) is 1. The molecule has 1 aliphatic heterocycles. The summed E-state index contributed by atoms with van der Waals surface area (Å²) in [4.78, 5) is 50.8. The van der Waals surface area contributed by atoms with Gasteiger partial charge in [-0.2, -0.15) is 13.2 Å². The molecule has 0 saturated carbocycles. The number of aromatic hydroxyl groups is 1. The van der Waals surface area contributed by atoms with Gasteiger partial charge in [0.05, 0.1) is 11.6 Å². The van der Waals surface area contributed by atoms with Gasteiger partial charge in [0.25, 0.3) is 11.5 Å². The number of phenolic OH excluding ortho intramolecular Hbond substituents is 1. The lowest BCUT2D eigenvalue weighted by Gasteiger charge is -2.37. The van der Waals surface area contributed by atoms with E-state index < -0.39 is 46.1 Å². The van der Waals surface area contributed by atoms with E-state index in [1.165, 1.54) is 17.0 Å². The van der Waals surface area contributed by atoms with Gasteiger partial charge in [0.1, 0.15) is 22.7 Å². The van der Waals surface area contributed by atoms with Gasteiger partial charge in [-0.25, -0.2) is 15.0 Å². The molecule has 2 aromatic heterocycles. The third kappa shape index (κ3) is 3.93. The number of hydrogen-bond donors (Lipinski definition) is 2. The van der Waals surface area contributed by atoms with Gasteiger partial charge in [0.2, 0.25) is 11.7 Å². The first-order valence-corrected chi connectivity index (χ1v) is 10.8. The number of alkyl halides is 3. The van der Waals surface area contributed by atoms with Crippen LogP contribution in [0.1, 0.15) is 28.1 Å². The third-order valence-corrected chi connectivity index (χ3v) is 6.03. The van der Waals surface area contributed by atoms with Crippen molar-refractivity contribution in [2.45, 2.75) is 12.1 Å². The highest BCUT2D eigenvalue weighted by Crippen LogP contribution is 2.34. The smallest absolute Gasteiger partial charge is 0.450 e. The number of nitrogens with zero attached hydrogens (tertiary/aromatic N) is 5. The third-order valence-electron chi connectivity index (χ3n) is 6.03. The first-order valence-electron chi connectivity index (χ1n) is 10.8. The molecule has 2 aromatic carbocycles. The molecule has 0 spiro atoms. The van der Waals surface area contributed by atoms with Gasteiger partial charge in [0.15, 0.2) is 5.65 Å². The Bertz CT molecular complexity index is 1690. The van der Waals surface area contributed by atoms with Gasteiger partial charge in [-0.05, 0) is 17.5 Å². The first kappa shape index (κ1) is 23.9. The molecule has 0 bridgehead atoms. The number of rotatable bonds is 4. The number of halogens is 3. The van der Waals surface area contributed by atoms with E-state index in [1.807, 2.05) is 0 Å². The maximum Gasteiger partial charge on any atom is 0.450 e. The lowest BCUT2D eigenvalue weighted by Crippen LogP contribution is -2.48. The molecule has 1 aliphatic rings. The fourth-order valence-electron chi connectivity index (χ4n) is 4.29. The average molecular weight is 510 g/mol. The Morgan fingerprint density at radius 3 is 2.49 bits per heavy atom. The second kappa shape index (κ2) is 8.40. The molecule has 0 radical (unpaired) electrons. The van der Waals surface area contributed by atoms with Crippen LogP contribution in [0.4, 0.5) is 13.2 Å². The number of aromatic nitrogens is 4. The van der Waals surface area contributed by atoms with E-state index in [1.54, 1.807) is 18.2 Å². The molecule has 2 amide bonds. The highest BCUT2D eigenvalue weighted by Gasteiger charge is 2.40. The Balaban J connectivity index is 1.81. The van der Waals surface area contributed by atoms with Gasteiger partial charge in [-0.1, -0.05) is 30.8 Å². The van der Waals surface area contributed by atoms with Crippen LogP contribution in [0.3, 0.4) is 0 Å². The topological polar surface area (TPSA) is 144 Å². The van der Waals surface area contributed by atoms with Crippen molar-refractivity contribution in [3.05, 3.63) is 76.7 Å². The summed E-state index contributed by atoms with van der Waals surface area (Å²) in [6, 6.07) is 8.51. The summed E-state index contributed by atoms with van der Waals surface area (Å²) >= 11 is 0. The number of primary amides is 1. The van der Waals surface area contributed by atoms with E-state index >= 15 is 0 Å². The highest BCUT2D eigenvalue weighted by atomic mass is 19.4. The molecule has 10 nitrogen and oxygen atoms in total. The zero-order valence-corrected chi connectivity index (χ0v) is 18.9. The average Bonchev–Trinajstić information content (AvgIpc) is 2.81. The normalized spacial score (nSPS) is 14.1. The van der Waals surface area contributed by atoms with Gasteiger partial charge in [-0.15, -0.1) is 0 Å². The Labute approximate surface area is 205 Å². The molecule has 5 rings (SSSR count). The number of nitrogens with two attached hydrogens (primary N) is 1. The van der Waals surface area contributed by atoms with Crippen LogP contribution in [0.5, 0.6) is 5.75 Å². The van der Waals surface area contributed by atoms with Gasteiger partial charge in [-0.3, -0.25) is 19.0 Å². The van der Waals surface area contributed by atoms with Crippen LogP contribution in [0, 0.1) is 0 Å². The number of phenols is 1. The molecule has 188 valence electrons. The van der Waals surface area contributed by atoms with Crippen LogP contribution in [-0.4, -0.2) is 54.4 Å². The zero-order chi connectivity index (χ0) is 26.6. The van der Waals surface area contributed by atoms with E-state index in [2.05, 4.69) is 21.5 Å². The van der Waals surface area contributed by atoms with Crippen LogP contribution in [0.2, 0.25) is 0 Å². The molecular formula is C24H17F3N6O4. The summed E-state index contributed by atoms with van der Waals surface area (Å²) in [5, 5.41) is 10.2. The lowest BCUT2D eigenvalue weighted by atomic mass is 9.98. The second-order valence-corrected chi connectivity index (χ2v) is 8.40. The fourth-order valence-corrected chi connectivity index (χ4v) is 4.29. The summed E-state index contributed by atoms with van der Waals surface area (Å²) in [5.74, 6) is -4.11. The van der Waals surface area contributed by atoms with Gasteiger partial charge >= 0.3 is 6.18 Å². The van der Waals surface area contributed by atoms with E-state index in [9.17, 15) is 32.7 Å². The largest absolute Gasteiger partial charge is 0.508 e. The van der Waals surface area contributed by atoms with Crippen molar-refractivity contribution < 1.29 is 27.9 Å². The standard InChI is InChI=1S/C24H17F3N6O4/c1-2-16(35)32-9-12(10-32)20-29-18(19(28)36)17-21(30-20)31-23(24(25,26)27)33(22(17)37)15-8-13(34)7-11-5-3-4-6-14(11)15/h2-8,12,34H,1,9-10H2,(H2,28,36). The Morgan fingerprint density at radius 2 is 1.84 bits per heavy atom. The monoisotopic (exact) mass is 510 g/mol. The summed E-state index contributed by atoms with van der Waals surface area (Å²) < 4.78 is 43.0. The van der Waals surface area contributed by atoms with Gasteiger partial charge in [0, 0.05) is 24.5 Å². The first-order chi connectivity index (χ1) is 17.5. The summed E-state index contributed by atoms with van der Waals surface area (Å²) in [6.45, 7) is 3.65. The van der Waals surface area contributed by atoms with Crippen molar-refractivity contribution >= 4 is 33.6 Å². The molecule has 0 atom stereocenters. The van der Waals surface area contributed by atoms with E-state index in [0.717, 1.165) is 12.1 Å². The zero-order valence-electron chi connectivity index (χ0n) is 18.9. The van der Waals surface area contributed by atoms with Crippen molar-refractivity contribution in [3.63, 3.8) is 0 Å². The van der Waals surface area contributed by atoms with E-state index in [0.29, 0.717) is 5.39 Å². The Morgan fingerprint density at radius 1 is 1.14 bits per heavy atom. The van der Waals surface area contributed by atoms with E-state index in [-0.39, 0.29) is 46.2 Å². The van der Waals surface area contributed by atoms with Crippen molar-refractivity contribution in [1.82, 2.24) is 24.4 Å². The number of amides is 2. The molecule has 1 fully saturated rings. The summed E-state index contributed by atoms with van der Waals surface area (Å²) in [6.07, 6.45) is -4.02. The maximum absolute atomic E-state index is 14.2. The van der Waals surface area contributed by atoms with Crippen molar-refractivity contribution in [3.8, 4) is 11.4 Å². The van der Waals surface area contributed by atoms with Crippen LogP contribution in [-0.2, 0) is 11.0 Å². The van der Waals surface area contributed by atoms with Crippen molar-refractivity contribution in [2.24, 2.45) is 5.73 Å². The predicted octanol–water partition coefficient (Wildman–Crippen LogP) is 2.26. The number of hydrogen-bond acceptors (Lipinski definition) is 7. The van der Waals surface area contributed by atoms with Gasteiger partial charge < -0.3 is 15.7 Å². The van der Waals surface area contributed by atoms with Crippen molar-refractivity contribution in [1.29, 1.82) is 0 Å². The molecule has 3 N–H and O–H groups in total. The molecule has 13 heteroatoms. The Hall–Kier alpha value is -4.81. The number of carbonyl (C=O) groups excluding carboxylic acids is 2. The van der Waals surface area contributed by atoms with Crippen LogP contribution in [0.25, 0.3) is 27.5 Å². The molecule has 3 heterocycles. The molecule has 4 aromatic rings. The summed E-state index contributed by atoms with van der Waals surface area (Å²) in [7, 11) is 0. The molecule has 0 unspecified atom stereocenters. The maximum atomic E-state index is 14.2. The Kier molecular flexibility index (Phi) is 5.43. The SMILES string of the molecule is C=CC(=O)N1CC(c2nc(C(N)=O)c3c(=O)n(-c4cc(O)cc5ccccc45)c(C(F)(F)F)nc3n2)C1. The fraction of sp³-hybridized carbons (Fsp3) is 0.167. The van der Waals surface area contributed by atoms with Crippen LogP contribution in [0.15, 0.2) is 53.8 Å². The molecular weight excluding hydrogens is 493 g/mol. The van der Waals surface area contributed by atoms with Crippen LogP contribution < -0.4 is 11.3 Å².